The number of rotatable bonds is 11. The van der Waals surface area contributed by atoms with Crippen molar-refractivity contribution in [1.29, 1.82) is 0 Å². The summed E-state index contributed by atoms with van der Waals surface area (Å²) in [4.78, 5) is 25.7. The van der Waals surface area contributed by atoms with Gasteiger partial charge in [-0.15, -0.1) is 0 Å². The fourth-order valence-corrected chi connectivity index (χ4v) is 6.81. The van der Waals surface area contributed by atoms with Crippen molar-refractivity contribution >= 4 is 22.1 Å². The maximum absolute atomic E-state index is 14.4. The van der Waals surface area contributed by atoms with Gasteiger partial charge in [0, 0.05) is 6.42 Å². The number of carbonyl (C=O) groups excluding carboxylic acids is 2. The highest BCUT2D eigenvalue weighted by molar-refractivity contribution is 7.87. The van der Waals surface area contributed by atoms with Gasteiger partial charge in [0.15, 0.2) is 0 Å². The Morgan fingerprint density at radius 2 is 1.23 bits per heavy atom. The largest absolute Gasteiger partial charge is 0.468 e. The molecule has 1 N–H and O–H groups in total. The van der Waals surface area contributed by atoms with Gasteiger partial charge in [0.2, 0.25) is 0 Å². The average molecular weight is 694 g/mol. The Morgan fingerprint density at radius 1 is 0.795 bits per heavy atom. The number of alkyl halides is 13. The minimum Gasteiger partial charge on any atom is -0.438 e. The molecule has 0 spiro atoms. The van der Waals surface area contributed by atoms with Crippen LogP contribution in [-0.4, -0.2) is 73.1 Å². The molecule has 4 fully saturated rings. The molecule has 1 atom stereocenters. The molecular formula is C22H23F13O8S. The molecule has 44 heavy (non-hydrogen) atoms. The molecular weight excluding hydrogens is 671 g/mol. The smallest absolute Gasteiger partial charge is 0.438 e. The third-order valence-electron chi connectivity index (χ3n) is 7.86. The van der Waals surface area contributed by atoms with Gasteiger partial charge < -0.3 is 14.2 Å². The Bertz CT molecular complexity index is 1160. The third-order valence-corrected chi connectivity index (χ3v) is 8.81. The van der Waals surface area contributed by atoms with Gasteiger partial charge in [-0.3, -0.25) is 9.35 Å². The van der Waals surface area contributed by atoms with Crippen molar-refractivity contribution in [3.05, 3.63) is 0 Å². The van der Waals surface area contributed by atoms with E-state index < -0.39 is 88.5 Å². The van der Waals surface area contributed by atoms with Crippen LogP contribution in [0.25, 0.3) is 0 Å². The molecule has 4 aliphatic rings. The van der Waals surface area contributed by atoms with Crippen LogP contribution in [0.3, 0.4) is 0 Å². The van der Waals surface area contributed by atoms with Crippen molar-refractivity contribution in [2.75, 3.05) is 6.61 Å². The van der Waals surface area contributed by atoms with E-state index in [1.54, 1.807) is 0 Å². The Hall–Kier alpha value is -2.10. The van der Waals surface area contributed by atoms with E-state index in [0.717, 1.165) is 0 Å². The zero-order chi connectivity index (χ0) is 33.9. The number of esters is 2. The lowest BCUT2D eigenvalue weighted by Crippen LogP contribution is -2.62. The number of halogens is 13. The topological polar surface area (TPSA) is 116 Å². The molecule has 8 nitrogen and oxygen atoms in total. The lowest BCUT2D eigenvalue weighted by molar-refractivity contribution is -0.372. The summed E-state index contributed by atoms with van der Waals surface area (Å²) >= 11 is 0. The monoisotopic (exact) mass is 694 g/mol. The van der Waals surface area contributed by atoms with Crippen molar-refractivity contribution < 1.29 is 93.8 Å². The maximum Gasteiger partial charge on any atom is 0.468 e. The molecule has 0 heterocycles. The van der Waals surface area contributed by atoms with Crippen LogP contribution in [0.15, 0.2) is 0 Å². The molecule has 4 saturated carbocycles. The van der Waals surface area contributed by atoms with Gasteiger partial charge in [0.25, 0.3) is 6.10 Å². The lowest BCUT2D eigenvalue weighted by atomic mass is 9.49. The fraction of sp³-hybridized carbons (Fsp3) is 0.909. The van der Waals surface area contributed by atoms with Gasteiger partial charge in [-0.25, -0.2) is 4.79 Å². The van der Waals surface area contributed by atoms with Crippen molar-refractivity contribution in [1.82, 2.24) is 0 Å². The van der Waals surface area contributed by atoms with Gasteiger partial charge >= 0.3 is 57.5 Å². The van der Waals surface area contributed by atoms with Crippen LogP contribution in [0.5, 0.6) is 0 Å². The average Bonchev–Trinajstić information content (AvgIpc) is 2.80. The van der Waals surface area contributed by atoms with E-state index in [1.807, 2.05) is 0 Å². The van der Waals surface area contributed by atoms with Crippen molar-refractivity contribution in [3.8, 4) is 0 Å². The Morgan fingerprint density at radius 3 is 1.59 bits per heavy atom. The highest BCUT2D eigenvalue weighted by atomic mass is 32.2. The van der Waals surface area contributed by atoms with Crippen LogP contribution >= 0.6 is 0 Å². The van der Waals surface area contributed by atoms with Gasteiger partial charge in [-0.2, -0.15) is 65.5 Å². The first-order chi connectivity index (χ1) is 19.6. The van der Waals surface area contributed by atoms with Crippen LogP contribution in [0.1, 0.15) is 51.4 Å². The Balaban J connectivity index is 1.96. The van der Waals surface area contributed by atoms with E-state index >= 15 is 0 Å². The molecule has 0 saturated heterocycles. The van der Waals surface area contributed by atoms with Crippen molar-refractivity contribution in [2.45, 2.75) is 93.0 Å². The molecule has 4 bridgehead atoms. The van der Waals surface area contributed by atoms with Crippen molar-refractivity contribution in [2.24, 2.45) is 23.2 Å². The normalized spacial score (nSPS) is 27.8. The summed E-state index contributed by atoms with van der Waals surface area (Å²) in [5.41, 5.74) is -1.77. The zero-order valence-corrected chi connectivity index (χ0v) is 22.6. The first-order valence-electron chi connectivity index (χ1n) is 12.6. The molecule has 22 heteroatoms. The number of carbonyl (C=O) groups is 2. The van der Waals surface area contributed by atoms with Gasteiger partial charge in [-0.1, -0.05) is 0 Å². The third kappa shape index (κ3) is 6.85. The molecule has 4 rings (SSSR count). The quantitative estimate of drug-likeness (QED) is 0.0928. The minimum atomic E-state index is -6.80. The van der Waals surface area contributed by atoms with Crippen LogP contribution in [0.4, 0.5) is 57.1 Å². The summed E-state index contributed by atoms with van der Waals surface area (Å²) in [6.07, 6.45) is -27.8. The Kier molecular flexibility index (Phi) is 9.34. The first kappa shape index (κ1) is 36.4. The second-order valence-electron chi connectivity index (χ2n) is 11.2. The predicted molar refractivity (Wildman–Crippen MR) is 114 cm³/mol. The molecule has 0 aromatic rings. The summed E-state index contributed by atoms with van der Waals surface area (Å²) < 4.78 is 217. The predicted octanol–water partition coefficient (Wildman–Crippen LogP) is 5.95. The van der Waals surface area contributed by atoms with E-state index in [9.17, 15) is 75.1 Å². The molecule has 0 radical (unpaired) electrons. The second kappa shape index (κ2) is 11.3. The Labute approximate surface area is 239 Å². The standard InChI is InChI=1S/C22H23F13O8S/c23-17(24,22(34,35)44(38,39)40)2-1-3-41-18(21(31,32)33,15(37)42-13(19(25,26)27)20(28,29)30)43-14(36)16-7-10-4-11(8-16)6-12(5-10)9-16/h10-13H,1-9H2,(H,38,39,40). The molecule has 4 aliphatic carbocycles. The van der Waals surface area contributed by atoms with E-state index in [4.69, 9.17) is 4.55 Å². The van der Waals surface area contributed by atoms with E-state index in [1.165, 1.54) is 0 Å². The van der Waals surface area contributed by atoms with Crippen LogP contribution < -0.4 is 0 Å². The zero-order valence-electron chi connectivity index (χ0n) is 21.8. The molecule has 0 amide bonds. The van der Waals surface area contributed by atoms with E-state index in [-0.39, 0.29) is 37.0 Å². The summed E-state index contributed by atoms with van der Waals surface area (Å²) in [5.74, 6) is -17.3. The highest BCUT2D eigenvalue weighted by Gasteiger charge is 2.72. The van der Waals surface area contributed by atoms with Crippen LogP contribution in [-0.2, 0) is 33.9 Å². The van der Waals surface area contributed by atoms with Crippen LogP contribution in [0.2, 0.25) is 0 Å². The number of hydrogen-bond donors (Lipinski definition) is 1. The fourth-order valence-electron chi connectivity index (χ4n) is 6.33. The van der Waals surface area contributed by atoms with E-state index in [0.29, 0.717) is 19.3 Å². The van der Waals surface area contributed by atoms with Gasteiger partial charge in [-0.05, 0) is 62.7 Å². The molecule has 256 valence electrons. The summed E-state index contributed by atoms with van der Waals surface area (Å²) in [7, 11) is -6.80. The SMILES string of the molecule is O=C(OC(OCCCC(F)(F)C(F)(F)S(=O)(=O)O)(C(=O)OC(C(F)(F)F)C(F)(F)F)C(F)(F)F)C12CC3CC(CC(C3)C1)C2. The molecule has 1 unspecified atom stereocenters. The lowest BCUT2D eigenvalue weighted by Gasteiger charge is -2.55. The van der Waals surface area contributed by atoms with Crippen molar-refractivity contribution in [3.63, 3.8) is 0 Å². The highest BCUT2D eigenvalue weighted by Crippen LogP contribution is 2.61. The molecule has 0 aliphatic heterocycles. The van der Waals surface area contributed by atoms with Gasteiger partial charge in [0.1, 0.15) is 0 Å². The number of hydrogen-bond acceptors (Lipinski definition) is 7. The number of ether oxygens (including phenoxy) is 3. The maximum atomic E-state index is 14.4. The first-order valence-corrected chi connectivity index (χ1v) is 14.0. The van der Waals surface area contributed by atoms with Crippen LogP contribution in [0, 0.1) is 23.2 Å². The molecule has 0 aromatic carbocycles. The molecule has 0 aromatic heterocycles. The summed E-state index contributed by atoms with van der Waals surface area (Å²) in [5, 5.41) is -6.21. The summed E-state index contributed by atoms with van der Waals surface area (Å²) in [6.45, 7) is -2.07. The summed E-state index contributed by atoms with van der Waals surface area (Å²) in [6, 6.07) is 0. The minimum absolute atomic E-state index is 0.119. The second-order valence-corrected chi connectivity index (χ2v) is 12.7. The van der Waals surface area contributed by atoms with Gasteiger partial charge in [0.05, 0.1) is 12.0 Å². The van der Waals surface area contributed by atoms with E-state index in [2.05, 4.69) is 14.2 Å².